The van der Waals surface area contributed by atoms with Crippen molar-refractivity contribution in [3.05, 3.63) is 57.7 Å². The zero-order chi connectivity index (χ0) is 14.7. The van der Waals surface area contributed by atoms with Gasteiger partial charge in [-0.05, 0) is 46.3 Å². The number of carboxylic acid groups (broad SMARTS) is 1. The molecule has 0 aliphatic heterocycles. The predicted octanol–water partition coefficient (Wildman–Crippen LogP) is 2.81. The third-order valence-electron chi connectivity index (χ3n) is 2.47. The van der Waals surface area contributed by atoms with Crippen LogP contribution in [0, 0.1) is 5.82 Å². The standard InChI is InChI=1S/C13H9BrFNO4/c14-10-5-7(15)1-3-9(10)12(17)16-6-8-2-4-11(20-8)13(18)19/h1-5H,6H2,(H,16,17)(H,18,19). The number of hydrogen-bond acceptors (Lipinski definition) is 3. The summed E-state index contributed by atoms with van der Waals surface area (Å²) in [6.45, 7) is 0.0376. The number of hydrogen-bond donors (Lipinski definition) is 2. The van der Waals surface area contributed by atoms with Crippen LogP contribution in [0.3, 0.4) is 0 Å². The smallest absolute Gasteiger partial charge is 0.371 e. The van der Waals surface area contributed by atoms with Crippen LogP contribution >= 0.6 is 15.9 Å². The van der Waals surface area contributed by atoms with E-state index in [-0.39, 0.29) is 17.9 Å². The van der Waals surface area contributed by atoms with E-state index in [0.29, 0.717) is 10.2 Å². The summed E-state index contributed by atoms with van der Waals surface area (Å²) in [6.07, 6.45) is 0. The quantitative estimate of drug-likeness (QED) is 0.896. The van der Waals surface area contributed by atoms with E-state index in [2.05, 4.69) is 21.2 Å². The summed E-state index contributed by atoms with van der Waals surface area (Å²) in [6, 6.07) is 6.47. The topological polar surface area (TPSA) is 79.5 Å². The highest BCUT2D eigenvalue weighted by atomic mass is 79.9. The van der Waals surface area contributed by atoms with Crippen LogP contribution in [0.1, 0.15) is 26.7 Å². The van der Waals surface area contributed by atoms with Gasteiger partial charge >= 0.3 is 5.97 Å². The van der Waals surface area contributed by atoms with Gasteiger partial charge in [0.15, 0.2) is 0 Å². The average Bonchev–Trinajstić information content (AvgIpc) is 2.85. The Morgan fingerprint density at radius 2 is 2.05 bits per heavy atom. The van der Waals surface area contributed by atoms with Crippen LogP contribution in [-0.4, -0.2) is 17.0 Å². The number of carboxylic acids is 1. The van der Waals surface area contributed by atoms with Gasteiger partial charge in [0.1, 0.15) is 11.6 Å². The van der Waals surface area contributed by atoms with E-state index in [1.807, 2.05) is 0 Å². The van der Waals surface area contributed by atoms with Gasteiger partial charge in [-0.2, -0.15) is 0 Å². The highest BCUT2D eigenvalue weighted by Crippen LogP contribution is 2.18. The van der Waals surface area contributed by atoms with E-state index in [1.165, 1.54) is 30.3 Å². The van der Waals surface area contributed by atoms with Crippen molar-refractivity contribution in [2.24, 2.45) is 0 Å². The molecule has 20 heavy (non-hydrogen) atoms. The molecule has 0 saturated heterocycles. The summed E-state index contributed by atoms with van der Waals surface area (Å²) in [4.78, 5) is 22.5. The molecule has 0 aliphatic rings. The zero-order valence-corrected chi connectivity index (χ0v) is 11.6. The molecule has 2 aromatic rings. The third-order valence-corrected chi connectivity index (χ3v) is 3.13. The summed E-state index contributed by atoms with van der Waals surface area (Å²) in [7, 11) is 0. The van der Waals surface area contributed by atoms with Crippen LogP contribution in [0.15, 0.2) is 39.2 Å². The second-order valence-electron chi connectivity index (χ2n) is 3.88. The zero-order valence-electron chi connectivity index (χ0n) is 10.0. The molecule has 5 nitrogen and oxygen atoms in total. The Hall–Kier alpha value is -2.15. The van der Waals surface area contributed by atoms with Gasteiger partial charge in [-0.25, -0.2) is 9.18 Å². The van der Waals surface area contributed by atoms with E-state index in [1.54, 1.807) is 0 Å². The minimum atomic E-state index is -1.18. The molecule has 1 amide bonds. The Morgan fingerprint density at radius 3 is 2.65 bits per heavy atom. The molecule has 0 bridgehead atoms. The maximum atomic E-state index is 12.9. The first-order valence-corrected chi connectivity index (χ1v) is 6.32. The van der Waals surface area contributed by atoms with Crippen molar-refractivity contribution in [2.75, 3.05) is 0 Å². The van der Waals surface area contributed by atoms with E-state index < -0.39 is 17.7 Å². The van der Waals surface area contributed by atoms with Crippen molar-refractivity contribution in [1.82, 2.24) is 5.32 Å². The highest BCUT2D eigenvalue weighted by molar-refractivity contribution is 9.10. The fraction of sp³-hybridized carbons (Fsp3) is 0.0769. The summed E-state index contributed by atoms with van der Waals surface area (Å²) in [5.41, 5.74) is 0.274. The number of halogens is 2. The third kappa shape index (κ3) is 3.24. The molecule has 104 valence electrons. The Kier molecular flexibility index (Phi) is 4.19. The number of furan rings is 1. The van der Waals surface area contributed by atoms with E-state index >= 15 is 0 Å². The van der Waals surface area contributed by atoms with E-state index in [0.717, 1.165) is 0 Å². The number of carbonyl (C=O) groups is 2. The second-order valence-corrected chi connectivity index (χ2v) is 4.73. The molecule has 0 aliphatic carbocycles. The molecule has 0 atom stereocenters. The molecule has 7 heteroatoms. The van der Waals surface area contributed by atoms with Crippen LogP contribution in [0.2, 0.25) is 0 Å². The Balaban J connectivity index is 2.02. The Labute approximate surface area is 121 Å². The number of nitrogens with one attached hydrogen (secondary N) is 1. The molecular weight excluding hydrogens is 333 g/mol. The lowest BCUT2D eigenvalue weighted by atomic mass is 10.2. The van der Waals surface area contributed by atoms with Crippen LogP contribution in [0.5, 0.6) is 0 Å². The fourth-order valence-electron chi connectivity index (χ4n) is 1.52. The maximum Gasteiger partial charge on any atom is 0.371 e. The first-order chi connectivity index (χ1) is 9.47. The lowest BCUT2D eigenvalue weighted by Crippen LogP contribution is -2.23. The number of amides is 1. The van der Waals surface area contributed by atoms with Crippen LogP contribution in [0.4, 0.5) is 4.39 Å². The first-order valence-electron chi connectivity index (χ1n) is 5.52. The predicted molar refractivity (Wildman–Crippen MR) is 70.9 cm³/mol. The van der Waals surface area contributed by atoms with Crippen LogP contribution in [-0.2, 0) is 6.54 Å². The van der Waals surface area contributed by atoms with Gasteiger partial charge in [-0.3, -0.25) is 4.79 Å². The molecular formula is C13H9BrFNO4. The summed E-state index contributed by atoms with van der Waals surface area (Å²) >= 11 is 3.10. The summed E-state index contributed by atoms with van der Waals surface area (Å²) in [5, 5.41) is 11.2. The minimum Gasteiger partial charge on any atom is -0.475 e. The largest absolute Gasteiger partial charge is 0.475 e. The molecule has 1 heterocycles. The van der Waals surface area contributed by atoms with E-state index in [4.69, 9.17) is 9.52 Å². The van der Waals surface area contributed by atoms with Crippen LogP contribution < -0.4 is 5.32 Å². The monoisotopic (exact) mass is 341 g/mol. The summed E-state index contributed by atoms with van der Waals surface area (Å²) < 4.78 is 18.2. The van der Waals surface area contributed by atoms with E-state index in [9.17, 15) is 14.0 Å². The van der Waals surface area contributed by atoms with Crippen molar-refractivity contribution in [1.29, 1.82) is 0 Å². The summed E-state index contributed by atoms with van der Waals surface area (Å²) in [5.74, 6) is -1.94. The molecule has 1 aromatic carbocycles. The van der Waals surface area contributed by atoms with Crippen molar-refractivity contribution in [3.63, 3.8) is 0 Å². The minimum absolute atomic E-state index is 0.0376. The van der Waals surface area contributed by atoms with Crippen molar-refractivity contribution in [2.45, 2.75) is 6.54 Å². The van der Waals surface area contributed by atoms with Gasteiger partial charge in [0, 0.05) is 4.47 Å². The highest BCUT2D eigenvalue weighted by Gasteiger charge is 2.13. The molecule has 0 unspecified atom stereocenters. The molecule has 0 saturated carbocycles. The fourth-order valence-corrected chi connectivity index (χ4v) is 2.06. The first kappa shape index (κ1) is 14.3. The number of carbonyl (C=O) groups excluding carboxylic acids is 1. The second kappa shape index (κ2) is 5.87. The molecule has 2 N–H and O–H groups in total. The maximum absolute atomic E-state index is 12.9. The van der Waals surface area contributed by atoms with Gasteiger partial charge in [-0.1, -0.05) is 0 Å². The number of benzene rings is 1. The number of aromatic carboxylic acids is 1. The Morgan fingerprint density at radius 1 is 1.30 bits per heavy atom. The lowest BCUT2D eigenvalue weighted by molar-refractivity contribution is 0.0660. The lowest BCUT2D eigenvalue weighted by Gasteiger charge is -2.05. The van der Waals surface area contributed by atoms with Gasteiger partial charge in [0.2, 0.25) is 5.76 Å². The van der Waals surface area contributed by atoms with Gasteiger partial charge in [0.25, 0.3) is 5.91 Å². The van der Waals surface area contributed by atoms with Gasteiger partial charge in [0.05, 0.1) is 12.1 Å². The molecule has 1 aromatic heterocycles. The van der Waals surface area contributed by atoms with Gasteiger partial charge < -0.3 is 14.8 Å². The van der Waals surface area contributed by atoms with Crippen molar-refractivity contribution >= 4 is 27.8 Å². The Bertz CT molecular complexity index is 668. The normalized spacial score (nSPS) is 10.3. The molecule has 0 fully saturated rings. The van der Waals surface area contributed by atoms with Gasteiger partial charge in [-0.15, -0.1) is 0 Å². The number of rotatable bonds is 4. The molecule has 0 radical (unpaired) electrons. The van der Waals surface area contributed by atoms with Crippen LogP contribution in [0.25, 0.3) is 0 Å². The molecule has 2 rings (SSSR count). The SMILES string of the molecule is O=C(O)c1ccc(CNC(=O)c2ccc(F)cc2Br)o1. The average molecular weight is 342 g/mol. The van der Waals surface area contributed by atoms with Crippen molar-refractivity contribution in [3.8, 4) is 0 Å². The molecule has 0 spiro atoms. The van der Waals surface area contributed by atoms with Crippen molar-refractivity contribution < 1.29 is 23.5 Å².